The van der Waals surface area contributed by atoms with Crippen molar-refractivity contribution in [2.24, 2.45) is 22.9 Å². The Hall–Kier alpha value is -1.75. The summed E-state index contributed by atoms with van der Waals surface area (Å²) in [6.07, 6.45) is -0.110. The van der Waals surface area contributed by atoms with Crippen molar-refractivity contribution in [3.8, 4) is 5.75 Å². The molecule has 10 heteroatoms. The van der Waals surface area contributed by atoms with Crippen LogP contribution in [0.5, 0.6) is 5.75 Å². The molecular formula is C14H18N2O7S. The third-order valence-corrected chi connectivity index (χ3v) is 5.88. The Morgan fingerprint density at radius 3 is 2.54 bits per heavy atom. The summed E-state index contributed by atoms with van der Waals surface area (Å²) >= 11 is 0. The summed E-state index contributed by atoms with van der Waals surface area (Å²) in [4.78, 5) is 10.0. The van der Waals surface area contributed by atoms with Gasteiger partial charge in [-0.05, 0) is 42.7 Å². The second-order valence-electron chi connectivity index (χ2n) is 6.38. The van der Waals surface area contributed by atoms with Crippen LogP contribution in [-0.2, 0) is 10.0 Å². The molecule has 24 heavy (non-hydrogen) atoms. The van der Waals surface area contributed by atoms with Crippen molar-refractivity contribution in [1.29, 1.82) is 0 Å². The zero-order valence-corrected chi connectivity index (χ0v) is 13.4. The lowest BCUT2D eigenvalue weighted by molar-refractivity contribution is -0.386. The van der Waals surface area contributed by atoms with Crippen molar-refractivity contribution in [2.75, 3.05) is 6.61 Å². The van der Waals surface area contributed by atoms with Gasteiger partial charge in [0, 0.05) is 6.07 Å². The first kappa shape index (κ1) is 17.1. The van der Waals surface area contributed by atoms with Crippen molar-refractivity contribution < 1.29 is 28.3 Å². The number of nitrogens with two attached hydrogens (primary N) is 1. The van der Waals surface area contributed by atoms with Crippen molar-refractivity contribution >= 4 is 15.7 Å². The molecule has 3 rings (SSSR count). The molecule has 9 nitrogen and oxygen atoms in total. The minimum Gasteiger partial charge on any atom is -0.487 e. The average Bonchev–Trinajstić information content (AvgIpc) is 3.04. The number of hydrogen-bond donors (Lipinski definition) is 3. The molecule has 2 fully saturated rings. The van der Waals surface area contributed by atoms with Gasteiger partial charge >= 0.3 is 5.69 Å². The maximum atomic E-state index is 11.3. The fourth-order valence-electron chi connectivity index (χ4n) is 3.76. The number of rotatable bonds is 5. The largest absolute Gasteiger partial charge is 0.487 e. The quantitative estimate of drug-likeness (QED) is 0.494. The third-order valence-electron chi connectivity index (χ3n) is 4.97. The van der Waals surface area contributed by atoms with Crippen molar-refractivity contribution in [2.45, 2.75) is 29.9 Å². The Balaban J connectivity index is 1.75. The van der Waals surface area contributed by atoms with Gasteiger partial charge in [-0.1, -0.05) is 0 Å². The Labute approximate surface area is 138 Å². The molecule has 0 amide bonds. The molecule has 4 N–H and O–H groups in total. The first-order valence-corrected chi connectivity index (χ1v) is 9.03. The Bertz CT molecular complexity index is 764. The van der Waals surface area contributed by atoms with E-state index in [1.165, 1.54) is 6.07 Å². The van der Waals surface area contributed by atoms with E-state index in [2.05, 4.69) is 0 Å². The molecule has 132 valence electrons. The maximum absolute atomic E-state index is 11.3. The lowest BCUT2D eigenvalue weighted by Gasteiger charge is -2.29. The van der Waals surface area contributed by atoms with E-state index in [0.29, 0.717) is 12.8 Å². The number of aliphatic hydroxyl groups excluding tert-OH is 2. The highest BCUT2D eigenvalue weighted by atomic mass is 32.2. The fourth-order valence-corrected chi connectivity index (χ4v) is 4.29. The number of hydrogen-bond acceptors (Lipinski definition) is 7. The SMILES string of the molecule is NS(=O)(=O)c1ccc(OC[C@@H]2C[C@@H]3C[C@H]2[C@@H](O)[C@H]3O)c([N+](=O)[O-])c1. The van der Waals surface area contributed by atoms with Gasteiger partial charge in [0.25, 0.3) is 0 Å². The van der Waals surface area contributed by atoms with Gasteiger partial charge in [-0.2, -0.15) is 0 Å². The minimum absolute atomic E-state index is 0.00841. The van der Waals surface area contributed by atoms with Gasteiger partial charge < -0.3 is 14.9 Å². The fraction of sp³-hybridized carbons (Fsp3) is 0.571. The van der Waals surface area contributed by atoms with Crippen LogP contribution in [0.4, 0.5) is 5.69 Å². The first-order chi connectivity index (χ1) is 11.2. The van der Waals surface area contributed by atoms with Gasteiger partial charge in [-0.25, -0.2) is 13.6 Å². The number of nitro benzene ring substituents is 1. The summed E-state index contributed by atoms with van der Waals surface area (Å²) in [6, 6.07) is 3.22. The number of benzene rings is 1. The molecule has 2 aliphatic rings. The summed E-state index contributed by atoms with van der Waals surface area (Å²) in [5.74, 6) is -0.123. The zero-order chi connectivity index (χ0) is 17.6. The van der Waals surface area contributed by atoms with Gasteiger partial charge in [-0.15, -0.1) is 0 Å². The molecule has 0 saturated heterocycles. The first-order valence-electron chi connectivity index (χ1n) is 7.48. The van der Waals surface area contributed by atoms with Crippen LogP contribution in [0.25, 0.3) is 0 Å². The van der Waals surface area contributed by atoms with E-state index in [1.54, 1.807) is 0 Å². The highest BCUT2D eigenvalue weighted by molar-refractivity contribution is 7.89. The Morgan fingerprint density at radius 2 is 2.00 bits per heavy atom. The van der Waals surface area contributed by atoms with E-state index in [9.17, 15) is 28.7 Å². The van der Waals surface area contributed by atoms with Crippen LogP contribution in [0, 0.1) is 27.9 Å². The molecular weight excluding hydrogens is 340 g/mol. The topological polar surface area (TPSA) is 153 Å². The summed E-state index contributed by atoms with van der Waals surface area (Å²) in [6.45, 7) is 0.153. The van der Waals surface area contributed by atoms with Gasteiger partial charge in [0.05, 0.1) is 28.6 Å². The number of ether oxygens (including phenoxy) is 1. The summed E-state index contributed by atoms with van der Waals surface area (Å²) in [5.41, 5.74) is -0.481. The van der Waals surface area contributed by atoms with Crippen LogP contribution in [0.3, 0.4) is 0 Å². The van der Waals surface area contributed by atoms with Crippen molar-refractivity contribution in [1.82, 2.24) is 0 Å². The van der Waals surface area contributed by atoms with Gasteiger partial charge in [0.1, 0.15) is 0 Å². The molecule has 2 bridgehead atoms. The van der Waals surface area contributed by atoms with E-state index < -0.39 is 32.8 Å². The van der Waals surface area contributed by atoms with Gasteiger partial charge in [0.2, 0.25) is 10.0 Å². The number of sulfonamides is 1. The molecule has 5 atom stereocenters. The number of fused-ring (bicyclic) bond motifs is 2. The molecule has 1 aromatic rings. The molecule has 0 spiro atoms. The maximum Gasteiger partial charge on any atom is 0.312 e. The van der Waals surface area contributed by atoms with E-state index in [4.69, 9.17) is 9.88 Å². The smallest absolute Gasteiger partial charge is 0.312 e. The summed E-state index contributed by atoms with van der Waals surface area (Å²) < 4.78 is 28.1. The second kappa shape index (κ2) is 5.96. The molecule has 1 aromatic carbocycles. The van der Waals surface area contributed by atoms with Crippen LogP contribution in [-0.4, -0.2) is 42.4 Å². The van der Waals surface area contributed by atoms with Crippen molar-refractivity contribution in [3.05, 3.63) is 28.3 Å². The minimum atomic E-state index is -4.05. The van der Waals surface area contributed by atoms with Crippen LogP contribution in [0.15, 0.2) is 23.1 Å². The van der Waals surface area contributed by atoms with E-state index in [-0.39, 0.29) is 35.0 Å². The zero-order valence-electron chi connectivity index (χ0n) is 12.6. The van der Waals surface area contributed by atoms with Crippen LogP contribution < -0.4 is 9.88 Å². The number of aliphatic hydroxyl groups is 2. The predicted octanol–water partition coefficient (Wildman–Crippen LogP) is -0.00120. The second-order valence-corrected chi connectivity index (χ2v) is 7.94. The standard InChI is InChI=1S/C14H18N2O7S/c15-24(21,22)9-1-2-12(11(5-9)16(19)20)23-6-8-3-7-4-10(8)14(18)13(7)17/h1-2,5,7-8,10,13-14,17-18H,3-4,6H2,(H2,15,21,22)/t7-,8+,10-,13+,14-/m1/s1. The van der Waals surface area contributed by atoms with Gasteiger partial charge in [0.15, 0.2) is 5.75 Å². The van der Waals surface area contributed by atoms with Gasteiger partial charge in [-0.3, -0.25) is 10.1 Å². The average molecular weight is 358 g/mol. The third kappa shape index (κ3) is 2.97. The molecule has 2 aliphatic carbocycles. The van der Waals surface area contributed by atoms with Crippen LogP contribution in [0.2, 0.25) is 0 Å². The lowest BCUT2D eigenvalue weighted by atomic mass is 9.85. The lowest BCUT2D eigenvalue weighted by Crippen LogP contribution is -2.38. The Kier molecular flexibility index (Phi) is 4.24. The molecule has 0 aliphatic heterocycles. The normalized spacial score (nSPS) is 32.0. The Morgan fingerprint density at radius 1 is 1.29 bits per heavy atom. The van der Waals surface area contributed by atoms with Crippen LogP contribution >= 0.6 is 0 Å². The predicted molar refractivity (Wildman–Crippen MR) is 81.7 cm³/mol. The molecule has 0 unspecified atom stereocenters. The summed E-state index contributed by atoms with van der Waals surface area (Å²) in [7, 11) is -4.05. The summed E-state index contributed by atoms with van der Waals surface area (Å²) in [5, 5.41) is 35.8. The van der Waals surface area contributed by atoms with Crippen LogP contribution in [0.1, 0.15) is 12.8 Å². The number of nitrogens with zero attached hydrogens (tertiary/aromatic N) is 1. The van der Waals surface area contributed by atoms with E-state index in [0.717, 1.165) is 12.1 Å². The molecule has 2 saturated carbocycles. The van der Waals surface area contributed by atoms with E-state index in [1.807, 2.05) is 0 Å². The monoisotopic (exact) mass is 358 g/mol. The molecule has 0 heterocycles. The highest BCUT2D eigenvalue weighted by Crippen LogP contribution is 2.48. The van der Waals surface area contributed by atoms with Crippen molar-refractivity contribution in [3.63, 3.8) is 0 Å². The molecule has 0 aromatic heterocycles. The molecule has 0 radical (unpaired) electrons. The van der Waals surface area contributed by atoms with E-state index >= 15 is 0 Å². The number of nitro groups is 1. The number of primary sulfonamides is 1. The highest BCUT2D eigenvalue weighted by Gasteiger charge is 2.51.